The van der Waals surface area contributed by atoms with Crippen molar-refractivity contribution in [3.63, 3.8) is 0 Å². The summed E-state index contributed by atoms with van der Waals surface area (Å²) in [6.45, 7) is 1.34. The average Bonchev–Trinajstić information content (AvgIpc) is 3.39. The molecule has 0 amide bonds. The van der Waals surface area contributed by atoms with Gasteiger partial charge in [0.25, 0.3) is 0 Å². The number of aromatic nitrogens is 5. The molecule has 1 aromatic carbocycles. The number of β-amino-alcohol motifs (C(OH)–C–C–N with tert-alkyl or cyclic N) is 1. The molecule has 3 aromatic heterocycles. The SMILES string of the molecule is N#Cc1cc(F)c(-n2ncc3cnc(Nc4cc(N5CC(O)C6(CC6)C5)ncn4)cc32)c(Cl)c1. The van der Waals surface area contributed by atoms with Crippen LogP contribution in [0.3, 0.4) is 0 Å². The lowest BCUT2D eigenvalue weighted by atomic mass is 10.0. The number of fused-ring (bicyclic) bond motifs is 1. The Hall–Kier alpha value is -3.81. The highest BCUT2D eigenvalue weighted by atomic mass is 35.5. The van der Waals surface area contributed by atoms with Crippen molar-refractivity contribution in [2.75, 3.05) is 23.3 Å². The van der Waals surface area contributed by atoms with Crippen LogP contribution in [0.1, 0.15) is 18.4 Å². The zero-order valence-electron chi connectivity index (χ0n) is 17.8. The number of rotatable bonds is 4. The average molecular weight is 477 g/mol. The highest BCUT2D eigenvalue weighted by Gasteiger charge is 2.54. The van der Waals surface area contributed by atoms with Crippen LogP contribution in [0.4, 0.5) is 21.8 Å². The van der Waals surface area contributed by atoms with Crippen molar-refractivity contribution >= 4 is 40.0 Å². The summed E-state index contributed by atoms with van der Waals surface area (Å²) >= 11 is 6.27. The molecule has 2 fully saturated rings. The molecule has 2 N–H and O–H groups in total. The maximum atomic E-state index is 14.7. The molecule has 1 saturated heterocycles. The number of nitriles is 1. The summed E-state index contributed by atoms with van der Waals surface area (Å²) < 4.78 is 16.1. The Morgan fingerprint density at radius 2 is 1.97 bits per heavy atom. The van der Waals surface area contributed by atoms with Crippen LogP contribution in [0.5, 0.6) is 0 Å². The highest BCUT2D eigenvalue weighted by molar-refractivity contribution is 6.32. The zero-order valence-corrected chi connectivity index (χ0v) is 18.5. The molecule has 1 aliphatic heterocycles. The molecule has 9 nitrogen and oxygen atoms in total. The number of anilines is 3. The summed E-state index contributed by atoms with van der Waals surface area (Å²) in [5.41, 5.74) is 0.782. The van der Waals surface area contributed by atoms with Gasteiger partial charge in [-0.1, -0.05) is 11.6 Å². The molecule has 1 spiro atoms. The van der Waals surface area contributed by atoms with Gasteiger partial charge in [-0.25, -0.2) is 24.0 Å². The van der Waals surface area contributed by atoms with Crippen LogP contribution >= 0.6 is 11.6 Å². The van der Waals surface area contributed by atoms with Gasteiger partial charge in [0.05, 0.1) is 34.5 Å². The number of nitrogens with one attached hydrogen (secondary N) is 1. The fraction of sp³-hybridized carbons (Fsp3) is 0.261. The monoisotopic (exact) mass is 476 g/mol. The first kappa shape index (κ1) is 20.8. The number of hydrogen-bond acceptors (Lipinski definition) is 8. The summed E-state index contributed by atoms with van der Waals surface area (Å²) in [6, 6.07) is 7.94. The molecule has 170 valence electrons. The van der Waals surface area contributed by atoms with Crippen molar-refractivity contribution in [2.24, 2.45) is 5.41 Å². The van der Waals surface area contributed by atoms with Crippen molar-refractivity contribution < 1.29 is 9.50 Å². The molecule has 4 heterocycles. The maximum Gasteiger partial charge on any atom is 0.151 e. The molecule has 1 saturated carbocycles. The molecule has 11 heteroatoms. The smallest absolute Gasteiger partial charge is 0.151 e. The molecular formula is C23H18ClFN8O. The summed E-state index contributed by atoms with van der Waals surface area (Å²) in [5.74, 6) is 1.10. The molecule has 1 unspecified atom stereocenters. The fourth-order valence-corrected chi connectivity index (χ4v) is 4.79. The number of aliphatic hydroxyl groups is 1. The Morgan fingerprint density at radius 1 is 1.15 bits per heavy atom. The number of hydrogen-bond donors (Lipinski definition) is 2. The first-order valence-corrected chi connectivity index (χ1v) is 11.1. The minimum absolute atomic E-state index is 0.0194. The molecule has 4 aromatic rings. The lowest BCUT2D eigenvalue weighted by molar-refractivity contribution is 0.136. The van der Waals surface area contributed by atoms with Crippen molar-refractivity contribution in [1.29, 1.82) is 5.26 Å². The minimum atomic E-state index is -0.651. The third kappa shape index (κ3) is 3.41. The topological polar surface area (TPSA) is 116 Å². The van der Waals surface area contributed by atoms with Gasteiger partial charge in [0.15, 0.2) is 5.82 Å². The molecule has 1 aliphatic carbocycles. The number of halogens is 2. The fourth-order valence-electron chi connectivity index (χ4n) is 4.50. The molecule has 0 bridgehead atoms. The van der Waals surface area contributed by atoms with E-state index in [1.807, 2.05) is 12.1 Å². The Bertz CT molecular complexity index is 1450. The first-order valence-electron chi connectivity index (χ1n) is 10.7. The van der Waals surface area contributed by atoms with Crippen LogP contribution < -0.4 is 10.2 Å². The maximum absolute atomic E-state index is 14.7. The van der Waals surface area contributed by atoms with Gasteiger partial charge in [-0.15, -0.1) is 0 Å². The predicted octanol–water partition coefficient (Wildman–Crippen LogP) is 3.58. The third-order valence-electron chi connectivity index (χ3n) is 6.54. The second kappa shape index (κ2) is 7.62. The second-order valence-corrected chi connectivity index (χ2v) is 9.14. The van der Waals surface area contributed by atoms with Crippen molar-refractivity contribution in [3.8, 4) is 11.8 Å². The molecule has 0 radical (unpaired) electrons. The number of benzene rings is 1. The van der Waals surface area contributed by atoms with Crippen molar-refractivity contribution in [2.45, 2.75) is 18.9 Å². The van der Waals surface area contributed by atoms with E-state index in [-0.39, 0.29) is 27.8 Å². The Balaban J connectivity index is 1.31. The van der Waals surface area contributed by atoms with Gasteiger partial charge >= 0.3 is 0 Å². The van der Waals surface area contributed by atoms with Crippen LogP contribution in [0.15, 0.2) is 43.0 Å². The van der Waals surface area contributed by atoms with Crippen LogP contribution in [0, 0.1) is 22.6 Å². The highest BCUT2D eigenvalue weighted by Crippen LogP contribution is 2.53. The van der Waals surface area contributed by atoms with Gasteiger partial charge < -0.3 is 15.3 Å². The van der Waals surface area contributed by atoms with Gasteiger partial charge in [0.2, 0.25) is 0 Å². The Labute approximate surface area is 198 Å². The Morgan fingerprint density at radius 3 is 2.71 bits per heavy atom. The molecular weight excluding hydrogens is 459 g/mol. The van der Waals surface area contributed by atoms with E-state index in [1.54, 1.807) is 18.5 Å². The van der Waals surface area contributed by atoms with Crippen LogP contribution in [-0.2, 0) is 0 Å². The molecule has 2 aliphatic rings. The molecule has 1 atom stereocenters. The summed E-state index contributed by atoms with van der Waals surface area (Å²) in [6.07, 6.45) is 6.40. The van der Waals surface area contributed by atoms with E-state index in [2.05, 4.69) is 30.3 Å². The van der Waals surface area contributed by atoms with Crippen molar-refractivity contribution in [3.05, 3.63) is 59.4 Å². The standard InChI is InChI=1S/C23H18ClFN8O/c24-15-3-13(7-26)4-16(25)22(15)33-17-5-19(27-8-14(17)9-30-33)31-20-6-21(29-12-28-20)32-10-18(34)23(11-32)1-2-23/h3-6,8-9,12,18,34H,1-2,10-11H2,(H,27,28,29,31). The van der Waals surface area contributed by atoms with Gasteiger partial charge in [-0.3, -0.25) is 0 Å². The molecule has 34 heavy (non-hydrogen) atoms. The largest absolute Gasteiger partial charge is 0.391 e. The van der Waals surface area contributed by atoms with E-state index in [4.69, 9.17) is 16.9 Å². The van der Waals surface area contributed by atoms with Gasteiger partial charge in [0.1, 0.15) is 29.5 Å². The number of nitrogens with zero attached hydrogens (tertiary/aromatic N) is 7. The summed E-state index contributed by atoms with van der Waals surface area (Å²) in [4.78, 5) is 15.1. The lowest BCUT2D eigenvalue weighted by Gasteiger charge is -2.17. The van der Waals surface area contributed by atoms with Crippen LogP contribution in [0.25, 0.3) is 16.6 Å². The second-order valence-electron chi connectivity index (χ2n) is 8.73. The van der Waals surface area contributed by atoms with Crippen molar-refractivity contribution in [1.82, 2.24) is 24.7 Å². The lowest BCUT2D eigenvalue weighted by Crippen LogP contribution is -2.22. The van der Waals surface area contributed by atoms with E-state index in [0.717, 1.165) is 31.3 Å². The number of pyridine rings is 1. The van der Waals surface area contributed by atoms with E-state index >= 15 is 0 Å². The number of aliphatic hydroxyl groups excluding tert-OH is 1. The van der Waals surface area contributed by atoms with Gasteiger partial charge in [-0.05, 0) is 25.0 Å². The summed E-state index contributed by atoms with van der Waals surface area (Å²) in [5, 5.41) is 27.6. The zero-order chi connectivity index (χ0) is 23.4. The van der Waals surface area contributed by atoms with E-state index < -0.39 is 5.82 Å². The summed E-state index contributed by atoms with van der Waals surface area (Å²) in [7, 11) is 0. The van der Waals surface area contributed by atoms with Crippen LogP contribution in [0.2, 0.25) is 5.02 Å². The quantitative estimate of drug-likeness (QED) is 0.459. The van der Waals surface area contributed by atoms with Gasteiger partial charge in [0, 0.05) is 42.2 Å². The third-order valence-corrected chi connectivity index (χ3v) is 6.83. The first-order chi connectivity index (χ1) is 16.5. The van der Waals surface area contributed by atoms with Crippen LogP contribution in [-0.4, -0.2) is 49.0 Å². The Kier molecular flexibility index (Phi) is 4.65. The normalized spacial score (nSPS) is 18.4. The van der Waals surface area contributed by atoms with Gasteiger partial charge in [-0.2, -0.15) is 10.4 Å². The van der Waals surface area contributed by atoms with E-state index in [0.29, 0.717) is 29.1 Å². The molecule has 6 rings (SSSR count). The van der Waals surface area contributed by atoms with E-state index in [9.17, 15) is 9.50 Å². The predicted molar refractivity (Wildman–Crippen MR) is 124 cm³/mol. The minimum Gasteiger partial charge on any atom is -0.391 e. The van der Waals surface area contributed by atoms with E-state index in [1.165, 1.54) is 17.1 Å².